The number of hydrogen-bond donors (Lipinski definition) is 1. The van der Waals surface area contributed by atoms with Crippen molar-refractivity contribution < 1.29 is 9.47 Å². The molecular weight excluding hydrogens is 425 g/mol. The lowest BCUT2D eigenvalue weighted by molar-refractivity contribution is 0.269. The highest BCUT2D eigenvalue weighted by Gasteiger charge is 2.11. The topological polar surface area (TPSA) is 30.5 Å². The first kappa shape index (κ1) is 20.4. The van der Waals surface area contributed by atoms with E-state index in [2.05, 4.69) is 28.2 Å². The van der Waals surface area contributed by atoms with E-state index in [-0.39, 0.29) is 0 Å². The Hall–Kier alpha value is -0.940. The quantitative estimate of drug-likeness (QED) is 0.463. The molecule has 0 saturated carbocycles. The molecule has 0 amide bonds. The van der Waals surface area contributed by atoms with Crippen LogP contribution in [0.2, 0.25) is 10.0 Å². The molecule has 0 unspecified atom stereocenters. The molecule has 2 rings (SSSR count). The van der Waals surface area contributed by atoms with Crippen molar-refractivity contribution in [1.29, 1.82) is 0 Å². The van der Waals surface area contributed by atoms with Crippen LogP contribution in [0.25, 0.3) is 0 Å². The fourth-order valence-electron chi connectivity index (χ4n) is 2.28. The van der Waals surface area contributed by atoms with Gasteiger partial charge in [0.1, 0.15) is 6.61 Å². The van der Waals surface area contributed by atoms with Crippen LogP contribution in [0.1, 0.15) is 31.4 Å². The zero-order valence-corrected chi connectivity index (χ0v) is 17.5. The molecule has 0 aliphatic heterocycles. The van der Waals surface area contributed by atoms with Crippen LogP contribution >= 0.6 is 39.1 Å². The fourth-order valence-corrected chi connectivity index (χ4v) is 3.07. The molecule has 0 radical (unpaired) electrons. The molecule has 2 aromatic rings. The first-order chi connectivity index (χ1) is 12.0. The van der Waals surface area contributed by atoms with Gasteiger partial charge in [-0.2, -0.15) is 0 Å². The monoisotopic (exact) mass is 445 g/mol. The van der Waals surface area contributed by atoms with E-state index in [4.69, 9.17) is 32.7 Å². The lowest BCUT2D eigenvalue weighted by Gasteiger charge is -2.15. The Morgan fingerprint density at radius 2 is 1.76 bits per heavy atom. The molecule has 0 aromatic heterocycles. The molecule has 0 atom stereocenters. The highest BCUT2D eigenvalue weighted by Crippen LogP contribution is 2.34. The van der Waals surface area contributed by atoms with Gasteiger partial charge >= 0.3 is 0 Å². The molecule has 0 spiro atoms. The molecule has 0 aliphatic carbocycles. The van der Waals surface area contributed by atoms with E-state index in [0.29, 0.717) is 29.0 Å². The molecule has 2 aromatic carbocycles. The number of halogens is 3. The fraction of sp³-hybridized carbons (Fsp3) is 0.368. The van der Waals surface area contributed by atoms with Crippen LogP contribution in [0.15, 0.2) is 34.8 Å². The van der Waals surface area contributed by atoms with E-state index in [9.17, 15) is 0 Å². The van der Waals surface area contributed by atoms with Crippen LogP contribution in [-0.2, 0) is 13.2 Å². The van der Waals surface area contributed by atoms with E-state index in [1.54, 1.807) is 6.07 Å². The van der Waals surface area contributed by atoms with Gasteiger partial charge in [0, 0.05) is 11.0 Å². The Labute approximate surface area is 167 Å². The minimum atomic E-state index is 0.386. The van der Waals surface area contributed by atoms with Crippen molar-refractivity contribution in [2.24, 2.45) is 0 Å². The van der Waals surface area contributed by atoms with Crippen molar-refractivity contribution in [3.8, 4) is 11.5 Å². The normalized spacial score (nSPS) is 10.8. The minimum Gasteiger partial charge on any atom is -0.490 e. The Kier molecular flexibility index (Phi) is 8.37. The predicted molar refractivity (Wildman–Crippen MR) is 108 cm³/mol. The van der Waals surface area contributed by atoms with E-state index >= 15 is 0 Å². The van der Waals surface area contributed by atoms with Gasteiger partial charge in [0.15, 0.2) is 11.5 Å². The Morgan fingerprint density at radius 1 is 1.00 bits per heavy atom. The first-order valence-electron chi connectivity index (χ1n) is 8.27. The SMILES string of the molecule is CCCNCc1cc(OCC)c(OCc2ccc(Cl)c(Cl)c2)cc1Br. The number of benzene rings is 2. The maximum Gasteiger partial charge on any atom is 0.162 e. The van der Waals surface area contributed by atoms with Gasteiger partial charge in [0.2, 0.25) is 0 Å². The second-order valence-electron chi connectivity index (χ2n) is 5.54. The smallest absolute Gasteiger partial charge is 0.162 e. The van der Waals surface area contributed by atoms with Crippen LogP contribution in [0.4, 0.5) is 0 Å². The van der Waals surface area contributed by atoms with Gasteiger partial charge in [-0.1, -0.05) is 52.1 Å². The molecule has 0 saturated heterocycles. The molecule has 25 heavy (non-hydrogen) atoms. The summed E-state index contributed by atoms with van der Waals surface area (Å²) >= 11 is 15.6. The van der Waals surface area contributed by atoms with E-state index in [1.165, 1.54) is 0 Å². The Balaban J connectivity index is 2.14. The van der Waals surface area contributed by atoms with Gasteiger partial charge in [-0.15, -0.1) is 0 Å². The molecule has 0 heterocycles. The summed E-state index contributed by atoms with van der Waals surface area (Å²) in [5.74, 6) is 1.43. The molecule has 1 N–H and O–H groups in total. The largest absolute Gasteiger partial charge is 0.490 e. The van der Waals surface area contributed by atoms with Crippen molar-refractivity contribution >= 4 is 39.1 Å². The van der Waals surface area contributed by atoms with Gasteiger partial charge in [0.25, 0.3) is 0 Å². The third-order valence-electron chi connectivity index (χ3n) is 3.53. The number of rotatable bonds is 9. The highest BCUT2D eigenvalue weighted by atomic mass is 79.9. The van der Waals surface area contributed by atoms with Crippen molar-refractivity contribution in [2.75, 3.05) is 13.2 Å². The molecular formula is C19H22BrCl2NO2. The van der Waals surface area contributed by atoms with Crippen LogP contribution in [0.5, 0.6) is 11.5 Å². The van der Waals surface area contributed by atoms with Gasteiger partial charge in [0.05, 0.1) is 16.7 Å². The summed E-state index contributed by atoms with van der Waals surface area (Å²) in [6.07, 6.45) is 1.10. The summed E-state index contributed by atoms with van der Waals surface area (Å²) in [7, 11) is 0. The Morgan fingerprint density at radius 3 is 2.44 bits per heavy atom. The summed E-state index contributed by atoms with van der Waals surface area (Å²) < 4.78 is 12.7. The highest BCUT2D eigenvalue weighted by molar-refractivity contribution is 9.10. The lowest BCUT2D eigenvalue weighted by Crippen LogP contribution is -2.14. The van der Waals surface area contributed by atoms with Gasteiger partial charge in [-0.3, -0.25) is 0 Å². The molecule has 136 valence electrons. The average molecular weight is 447 g/mol. The lowest BCUT2D eigenvalue weighted by atomic mass is 10.2. The number of nitrogens with one attached hydrogen (secondary N) is 1. The maximum atomic E-state index is 6.06. The number of ether oxygens (including phenoxy) is 2. The van der Waals surface area contributed by atoms with Crippen LogP contribution in [0, 0.1) is 0 Å². The van der Waals surface area contributed by atoms with Crippen LogP contribution in [0.3, 0.4) is 0 Å². The van der Waals surface area contributed by atoms with Crippen LogP contribution < -0.4 is 14.8 Å². The van der Waals surface area contributed by atoms with Crippen molar-refractivity contribution in [2.45, 2.75) is 33.4 Å². The van der Waals surface area contributed by atoms with Gasteiger partial charge in [-0.05, 0) is 55.3 Å². The Bertz CT molecular complexity index is 710. The summed E-state index contributed by atoms with van der Waals surface area (Å²) in [4.78, 5) is 0. The summed E-state index contributed by atoms with van der Waals surface area (Å²) in [5.41, 5.74) is 2.08. The van der Waals surface area contributed by atoms with Gasteiger partial charge in [-0.25, -0.2) is 0 Å². The standard InChI is InChI=1S/C19H22BrCl2NO2/c1-3-7-23-11-14-9-18(24-4-2)19(10-15(14)20)25-12-13-5-6-16(21)17(22)8-13/h5-6,8-10,23H,3-4,7,11-12H2,1-2H3. The molecule has 6 heteroatoms. The summed E-state index contributed by atoms with van der Waals surface area (Å²) in [6, 6.07) is 9.44. The van der Waals surface area contributed by atoms with Gasteiger partial charge < -0.3 is 14.8 Å². The molecule has 0 aliphatic rings. The summed E-state index contributed by atoms with van der Waals surface area (Å²) in [6.45, 7) is 6.82. The minimum absolute atomic E-state index is 0.386. The predicted octanol–water partition coefficient (Wildman–Crippen LogP) is 6.23. The third kappa shape index (κ3) is 6.07. The third-order valence-corrected chi connectivity index (χ3v) is 5.01. The van der Waals surface area contributed by atoms with E-state index in [1.807, 2.05) is 31.2 Å². The average Bonchev–Trinajstić information content (AvgIpc) is 2.59. The van der Waals surface area contributed by atoms with Crippen molar-refractivity contribution in [3.63, 3.8) is 0 Å². The molecule has 3 nitrogen and oxygen atoms in total. The zero-order valence-electron chi connectivity index (χ0n) is 14.4. The zero-order chi connectivity index (χ0) is 18.2. The van der Waals surface area contributed by atoms with E-state index in [0.717, 1.165) is 40.9 Å². The first-order valence-corrected chi connectivity index (χ1v) is 9.82. The molecule has 0 bridgehead atoms. The second kappa shape index (κ2) is 10.3. The van der Waals surface area contributed by atoms with E-state index < -0.39 is 0 Å². The van der Waals surface area contributed by atoms with Crippen molar-refractivity contribution in [1.82, 2.24) is 5.32 Å². The van der Waals surface area contributed by atoms with Crippen molar-refractivity contribution in [3.05, 3.63) is 56.0 Å². The molecule has 0 fully saturated rings. The summed E-state index contributed by atoms with van der Waals surface area (Å²) in [5, 5.41) is 4.45. The second-order valence-corrected chi connectivity index (χ2v) is 7.21. The number of hydrogen-bond acceptors (Lipinski definition) is 3. The maximum absolute atomic E-state index is 6.06. The van der Waals surface area contributed by atoms with Crippen LogP contribution in [-0.4, -0.2) is 13.2 Å².